The number of pyridine rings is 1. The molecule has 0 radical (unpaired) electrons. The van der Waals surface area contributed by atoms with Crippen molar-refractivity contribution in [3.63, 3.8) is 0 Å². The number of hydrogen-bond acceptors (Lipinski definition) is 4. The van der Waals surface area contributed by atoms with E-state index >= 15 is 0 Å². The third kappa shape index (κ3) is 9.23. The minimum absolute atomic E-state index is 0.232. The predicted molar refractivity (Wildman–Crippen MR) is 108 cm³/mol. The van der Waals surface area contributed by atoms with E-state index in [2.05, 4.69) is 22.9 Å². The lowest BCUT2D eigenvalue weighted by atomic mass is 9.93. The van der Waals surface area contributed by atoms with E-state index in [1.54, 1.807) is 0 Å². The van der Waals surface area contributed by atoms with Gasteiger partial charge in [-0.3, -0.25) is 9.78 Å². The number of piperidine rings is 1. The molecule has 0 spiro atoms. The van der Waals surface area contributed by atoms with Crippen LogP contribution >= 0.6 is 0 Å². The molecule has 0 saturated carbocycles. The second-order valence-corrected chi connectivity index (χ2v) is 7.76. The summed E-state index contributed by atoms with van der Waals surface area (Å²) in [6.07, 6.45) is 13.0. The molecule has 1 aliphatic rings. The van der Waals surface area contributed by atoms with Crippen molar-refractivity contribution in [1.82, 2.24) is 9.88 Å². The van der Waals surface area contributed by atoms with E-state index in [0.717, 1.165) is 50.4 Å². The minimum atomic E-state index is -0.713. The van der Waals surface area contributed by atoms with Crippen LogP contribution in [-0.4, -0.2) is 47.2 Å². The maximum Gasteiger partial charge on any atom is 0.304 e. The quantitative estimate of drug-likeness (QED) is 0.512. The first-order chi connectivity index (χ1) is 13.2. The Kier molecular flexibility index (Phi) is 10.2. The SMILES string of the molecule is CCCCCCCCOc1ccc(CC2CCCN(CCC(=O)O)C2)nc1. The van der Waals surface area contributed by atoms with E-state index < -0.39 is 5.97 Å². The number of rotatable bonds is 13. The first-order valence-electron chi connectivity index (χ1n) is 10.7. The molecule has 1 unspecified atom stereocenters. The average Bonchev–Trinajstić information content (AvgIpc) is 2.67. The molecule has 27 heavy (non-hydrogen) atoms. The van der Waals surface area contributed by atoms with Crippen LogP contribution in [0.4, 0.5) is 0 Å². The molecule has 2 heterocycles. The highest BCUT2D eigenvalue weighted by atomic mass is 16.5. The molecule has 1 fully saturated rings. The van der Waals surface area contributed by atoms with Crippen molar-refractivity contribution in [2.24, 2.45) is 5.92 Å². The third-order valence-corrected chi connectivity index (χ3v) is 5.31. The molecule has 5 nitrogen and oxygen atoms in total. The van der Waals surface area contributed by atoms with Crippen LogP contribution in [0, 0.1) is 5.92 Å². The van der Waals surface area contributed by atoms with Crippen molar-refractivity contribution in [1.29, 1.82) is 0 Å². The highest BCUT2D eigenvalue weighted by Gasteiger charge is 2.20. The number of ether oxygens (including phenoxy) is 1. The molecule has 1 aromatic rings. The van der Waals surface area contributed by atoms with Crippen LogP contribution < -0.4 is 4.74 Å². The molecule has 152 valence electrons. The molecule has 2 rings (SSSR count). The fourth-order valence-corrected chi connectivity index (χ4v) is 3.76. The van der Waals surface area contributed by atoms with E-state index in [1.807, 2.05) is 12.3 Å². The van der Waals surface area contributed by atoms with Gasteiger partial charge in [-0.1, -0.05) is 39.0 Å². The van der Waals surface area contributed by atoms with E-state index in [9.17, 15) is 4.79 Å². The van der Waals surface area contributed by atoms with Crippen LogP contribution in [-0.2, 0) is 11.2 Å². The maximum absolute atomic E-state index is 10.8. The fraction of sp³-hybridized carbons (Fsp3) is 0.727. The van der Waals surface area contributed by atoms with E-state index in [4.69, 9.17) is 9.84 Å². The summed E-state index contributed by atoms with van der Waals surface area (Å²) in [5, 5.41) is 8.85. The molecule has 1 aliphatic heterocycles. The normalized spacial score (nSPS) is 17.7. The van der Waals surface area contributed by atoms with Gasteiger partial charge in [0.05, 0.1) is 19.2 Å². The van der Waals surface area contributed by atoms with Crippen molar-refractivity contribution in [3.05, 3.63) is 24.0 Å². The minimum Gasteiger partial charge on any atom is -0.492 e. The first kappa shape index (κ1) is 21.7. The zero-order valence-corrected chi connectivity index (χ0v) is 16.9. The van der Waals surface area contributed by atoms with Gasteiger partial charge in [0.15, 0.2) is 0 Å². The smallest absolute Gasteiger partial charge is 0.304 e. The molecular formula is C22H36N2O3. The van der Waals surface area contributed by atoms with Gasteiger partial charge >= 0.3 is 5.97 Å². The number of carboxylic acid groups (broad SMARTS) is 1. The maximum atomic E-state index is 10.8. The summed E-state index contributed by atoms with van der Waals surface area (Å²) in [5.74, 6) is 0.712. The predicted octanol–water partition coefficient (Wildman–Crippen LogP) is 4.55. The van der Waals surface area contributed by atoms with E-state index in [0.29, 0.717) is 12.5 Å². The number of unbranched alkanes of at least 4 members (excludes halogenated alkanes) is 5. The summed E-state index contributed by atoms with van der Waals surface area (Å²) >= 11 is 0. The van der Waals surface area contributed by atoms with Crippen LogP contribution in [0.5, 0.6) is 5.75 Å². The summed E-state index contributed by atoms with van der Waals surface area (Å²) in [6.45, 7) is 5.66. The zero-order valence-electron chi connectivity index (χ0n) is 16.9. The molecule has 0 aromatic carbocycles. The van der Waals surface area contributed by atoms with Gasteiger partial charge in [0.1, 0.15) is 5.75 Å². The molecule has 1 atom stereocenters. The number of likely N-dealkylation sites (tertiary alicyclic amines) is 1. The van der Waals surface area contributed by atoms with Gasteiger partial charge in [-0.25, -0.2) is 0 Å². The van der Waals surface area contributed by atoms with Crippen LogP contribution in [0.1, 0.15) is 70.4 Å². The van der Waals surface area contributed by atoms with Gasteiger partial charge in [0, 0.05) is 18.8 Å². The topological polar surface area (TPSA) is 62.7 Å². The van der Waals surface area contributed by atoms with Crippen LogP contribution in [0.15, 0.2) is 18.3 Å². The largest absolute Gasteiger partial charge is 0.492 e. The molecular weight excluding hydrogens is 340 g/mol. The van der Waals surface area contributed by atoms with Gasteiger partial charge in [0.2, 0.25) is 0 Å². The molecule has 1 aromatic heterocycles. The van der Waals surface area contributed by atoms with Gasteiger partial charge in [-0.2, -0.15) is 0 Å². The molecule has 1 N–H and O–H groups in total. The van der Waals surface area contributed by atoms with Crippen LogP contribution in [0.25, 0.3) is 0 Å². The Balaban J connectivity index is 1.65. The van der Waals surface area contributed by atoms with Crippen molar-refractivity contribution >= 4 is 5.97 Å². The third-order valence-electron chi connectivity index (χ3n) is 5.31. The lowest BCUT2D eigenvalue weighted by Crippen LogP contribution is -2.37. The van der Waals surface area contributed by atoms with Gasteiger partial charge in [-0.05, 0) is 50.3 Å². The highest BCUT2D eigenvalue weighted by Crippen LogP contribution is 2.21. The lowest BCUT2D eigenvalue weighted by molar-refractivity contribution is -0.137. The Labute approximate surface area is 164 Å². The standard InChI is InChI=1S/C22H36N2O3/c1-2-3-4-5-6-7-15-27-21-11-10-20(23-17-21)16-19-9-8-13-24(18-19)14-12-22(25)26/h10-11,17,19H,2-9,12-16,18H2,1H3,(H,25,26). The van der Waals surface area contributed by atoms with Crippen molar-refractivity contribution < 1.29 is 14.6 Å². The number of aromatic nitrogens is 1. The molecule has 0 amide bonds. The van der Waals surface area contributed by atoms with Gasteiger partial charge < -0.3 is 14.7 Å². The van der Waals surface area contributed by atoms with Crippen molar-refractivity contribution in [3.8, 4) is 5.75 Å². The molecule has 0 aliphatic carbocycles. The highest BCUT2D eigenvalue weighted by molar-refractivity contribution is 5.66. The van der Waals surface area contributed by atoms with E-state index in [-0.39, 0.29) is 6.42 Å². The number of carbonyl (C=O) groups is 1. The Bertz CT molecular complexity index is 533. The average molecular weight is 377 g/mol. The summed E-state index contributed by atoms with van der Waals surface area (Å²) < 4.78 is 5.80. The number of carboxylic acids is 1. The van der Waals surface area contributed by atoms with Crippen molar-refractivity contribution in [2.45, 2.75) is 71.1 Å². The number of hydrogen-bond donors (Lipinski definition) is 1. The van der Waals surface area contributed by atoms with Crippen LogP contribution in [0.3, 0.4) is 0 Å². The molecule has 1 saturated heterocycles. The Morgan fingerprint density at radius 1 is 1.26 bits per heavy atom. The summed E-state index contributed by atoms with van der Waals surface area (Å²) in [5.41, 5.74) is 1.10. The summed E-state index contributed by atoms with van der Waals surface area (Å²) in [4.78, 5) is 17.6. The Morgan fingerprint density at radius 3 is 2.81 bits per heavy atom. The second-order valence-electron chi connectivity index (χ2n) is 7.76. The molecule has 0 bridgehead atoms. The first-order valence-corrected chi connectivity index (χ1v) is 10.7. The number of nitrogens with zero attached hydrogens (tertiary/aromatic N) is 2. The molecule has 5 heteroatoms. The Hall–Kier alpha value is -1.62. The van der Waals surface area contributed by atoms with Gasteiger partial charge in [-0.15, -0.1) is 0 Å². The van der Waals surface area contributed by atoms with Gasteiger partial charge in [0.25, 0.3) is 0 Å². The fourth-order valence-electron chi connectivity index (χ4n) is 3.76. The lowest BCUT2D eigenvalue weighted by Gasteiger charge is -2.32. The van der Waals surface area contributed by atoms with Crippen LogP contribution in [0.2, 0.25) is 0 Å². The second kappa shape index (κ2) is 12.7. The Morgan fingerprint density at radius 2 is 2.07 bits per heavy atom. The summed E-state index contributed by atoms with van der Waals surface area (Å²) in [6, 6.07) is 4.11. The zero-order chi connectivity index (χ0) is 19.3. The summed E-state index contributed by atoms with van der Waals surface area (Å²) in [7, 11) is 0. The number of aliphatic carboxylic acids is 1. The monoisotopic (exact) mass is 376 g/mol. The van der Waals surface area contributed by atoms with Crippen molar-refractivity contribution in [2.75, 3.05) is 26.2 Å². The van der Waals surface area contributed by atoms with E-state index in [1.165, 1.54) is 38.5 Å².